The Morgan fingerprint density at radius 3 is 2.53 bits per heavy atom. The predicted molar refractivity (Wildman–Crippen MR) is 106 cm³/mol. The first-order chi connectivity index (χ1) is 14.2. The Bertz CT molecular complexity index is 1110. The van der Waals surface area contributed by atoms with E-state index in [0.29, 0.717) is 6.42 Å². The molecule has 0 aliphatic carbocycles. The van der Waals surface area contributed by atoms with Gasteiger partial charge < -0.3 is 10.1 Å². The number of fused-ring (bicyclic) bond motifs is 1. The largest absolute Gasteiger partial charge is 0.453 e. The van der Waals surface area contributed by atoms with Gasteiger partial charge in [-0.05, 0) is 51.8 Å². The molecule has 0 saturated carbocycles. The summed E-state index contributed by atoms with van der Waals surface area (Å²) < 4.78 is 34.2. The quantitative estimate of drug-likeness (QED) is 0.622. The fourth-order valence-corrected chi connectivity index (χ4v) is 3.18. The normalized spacial score (nSPS) is 12.1. The van der Waals surface area contributed by atoms with Crippen LogP contribution in [0.4, 0.5) is 14.5 Å². The highest BCUT2D eigenvalue weighted by Gasteiger charge is 2.21. The van der Waals surface area contributed by atoms with Gasteiger partial charge in [0.1, 0.15) is 17.3 Å². The lowest BCUT2D eigenvalue weighted by molar-refractivity contribution is -0.153. The van der Waals surface area contributed by atoms with Gasteiger partial charge in [0.05, 0.1) is 5.69 Å². The third kappa shape index (κ3) is 4.45. The summed E-state index contributed by atoms with van der Waals surface area (Å²) in [7, 11) is 0. The molecule has 1 N–H and O–H groups in total. The molecular weight excluding hydrogens is 394 g/mol. The van der Waals surface area contributed by atoms with E-state index in [2.05, 4.69) is 15.4 Å². The monoisotopic (exact) mass is 416 g/mol. The highest BCUT2D eigenvalue weighted by molar-refractivity contribution is 5.95. The van der Waals surface area contributed by atoms with E-state index in [1.165, 1.54) is 13.0 Å². The number of ether oxygens (including phenoxy) is 1. The summed E-state index contributed by atoms with van der Waals surface area (Å²) in [5.41, 5.74) is 3.53. The standard InChI is InChI=1S/C21H22F2N4O3/c1-11-10-18-24-12(2)15(13(3)27(18)26-11)8-9-19(28)30-14(4)21(29)25-20-16(22)6-5-7-17(20)23/h5-7,10,14H,8-9H2,1-4H3,(H,25,29)/t14-/m1/s1. The van der Waals surface area contributed by atoms with E-state index in [4.69, 9.17) is 4.74 Å². The lowest BCUT2D eigenvalue weighted by Gasteiger charge is -2.15. The molecule has 1 atom stereocenters. The fraction of sp³-hybridized carbons (Fsp3) is 0.333. The van der Waals surface area contributed by atoms with Crippen molar-refractivity contribution in [3.05, 3.63) is 58.5 Å². The van der Waals surface area contributed by atoms with Crippen molar-refractivity contribution in [2.45, 2.75) is 46.6 Å². The first-order valence-corrected chi connectivity index (χ1v) is 9.44. The molecule has 0 aliphatic heterocycles. The van der Waals surface area contributed by atoms with Crippen LogP contribution in [0.3, 0.4) is 0 Å². The van der Waals surface area contributed by atoms with Crippen LogP contribution in [0.25, 0.3) is 5.65 Å². The van der Waals surface area contributed by atoms with Gasteiger partial charge >= 0.3 is 5.97 Å². The Morgan fingerprint density at radius 2 is 1.87 bits per heavy atom. The number of carbonyl (C=O) groups excluding carboxylic acids is 2. The lowest BCUT2D eigenvalue weighted by atomic mass is 10.1. The molecule has 0 unspecified atom stereocenters. The molecule has 0 radical (unpaired) electrons. The maximum absolute atomic E-state index is 13.7. The van der Waals surface area contributed by atoms with Crippen molar-refractivity contribution < 1.29 is 23.1 Å². The lowest BCUT2D eigenvalue weighted by Crippen LogP contribution is -2.30. The van der Waals surface area contributed by atoms with Crippen molar-refractivity contribution in [1.29, 1.82) is 0 Å². The van der Waals surface area contributed by atoms with Gasteiger partial charge in [-0.1, -0.05) is 6.07 Å². The Kier molecular flexibility index (Phi) is 6.09. The Labute approximate surface area is 172 Å². The Morgan fingerprint density at radius 1 is 1.20 bits per heavy atom. The smallest absolute Gasteiger partial charge is 0.306 e. The minimum atomic E-state index is -1.21. The van der Waals surface area contributed by atoms with E-state index in [9.17, 15) is 18.4 Å². The van der Waals surface area contributed by atoms with Crippen molar-refractivity contribution >= 4 is 23.2 Å². The molecule has 1 amide bonds. The summed E-state index contributed by atoms with van der Waals surface area (Å²) in [5, 5.41) is 6.50. The van der Waals surface area contributed by atoms with E-state index in [1.54, 1.807) is 4.52 Å². The summed E-state index contributed by atoms with van der Waals surface area (Å²) >= 11 is 0. The van der Waals surface area contributed by atoms with Crippen molar-refractivity contribution in [3.8, 4) is 0 Å². The van der Waals surface area contributed by atoms with Gasteiger partial charge in [0.15, 0.2) is 11.8 Å². The fourth-order valence-electron chi connectivity index (χ4n) is 3.18. The molecule has 7 nitrogen and oxygen atoms in total. The van der Waals surface area contributed by atoms with E-state index >= 15 is 0 Å². The van der Waals surface area contributed by atoms with Gasteiger partial charge in [0, 0.05) is 23.9 Å². The second kappa shape index (κ2) is 8.56. The van der Waals surface area contributed by atoms with E-state index in [-0.39, 0.29) is 6.42 Å². The van der Waals surface area contributed by atoms with Crippen molar-refractivity contribution in [1.82, 2.24) is 14.6 Å². The van der Waals surface area contributed by atoms with Crippen LogP contribution in [0.2, 0.25) is 0 Å². The number of aryl methyl sites for hydroxylation is 3. The van der Waals surface area contributed by atoms with Crippen LogP contribution in [0.15, 0.2) is 24.3 Å². The molecule has 1 aromatic carbocycles. The summed E-state index contributed by atoms with van der Waals surface area (Å²) in [6.45, 7) is 6.96. The molecule has 0 saturated heterocycles. The van der Waals surface area contributed by atoms with Crippen LogP contribution in [-0.4, -0.2) is 32.6 Å². The maximum Gasteiger partial charge on any atom is 0.306 e. The molecular formula is C21H22F2N4O3. The first kappa shape index (κ1) is 21.4. The van der Waals surface area contributed by atoms with Gasteiger partial charge in [-0.25, -0.2) is 18.3 Å². The SMILES string of the molecule is Cc1cc2nc(C)c(CCC(=O)O[C@H](C)C(=O)Nc3c(F)cccc3F)c(C)n2n1. The molecule has 2 aromatic heterocycles. The molecule has 0 aliphatic rings. The number of benzene rings is 1. The average molecular weight is 416 g/mol. The zero-order valence-corrected chi connectivity index (χ0v) is 17.1. The average Bonchev–Trinajstić information content (AvgIpc) is 3.04. The minimum Gasteiger partial charge on any atom is -0.453 e. The summed E-state index contributed by atoms with van der Waals surface area (Å²) in [4.78, 5) is 28.9. The number of esters is 1. The first-order valence-electron chi connectivity index (χ1n) is 9.44. The number of amides is 1. The zero-order valence-electron chi connectivity index (χ0n) is 17.1. The summed E-state index contributed by atoms with van der Waals surface area (Å²) in [6, 6.07) is 5.10. The number of nitrogens with zero attached hydrogens (tertiary/aromatic N) is 3. The van der Waals surface area contributed by atoms with Gasteiger partial charge in [-0.15, -0.1) is 0 Å². The Balaban J connectivity index is 1.62. The van der Waals surface area contributed by atoms with E-state index < -0.39 is 35.3 Å². The number of aromatic nitrogens is 3. The van der Waals surface area contributed by atoms with Crippen LogP contribution < -0.4 is 5.32 Å². The third-order valence-electron chi connectivity index (χ3n) is 4.75. The number of anilines is 1. The van der Waals surface area contributed by atoms with Crippen LogP contribution in [0, 0.1) is 32.4 Å². The van der Waals surface area contributed by atoms with Crippen LogP contribution in [0.1, 0.15) is 36.0 Å². The van der Waals surface area contributed by atoms with Crippen LogP contribution in [-0.2, 0) is 20.7 Å². The maximum atomic E-state index is 13.7. The van der Waals surface area contributed by atoms with Crippen LogP contribution in [0.5, 0.6) is 0 Å². The number of rotatable bonds is 6. The predicted octanol–water partition coefficient (Wildman–Crippen LogP) is 3.44. The molecule has 0 spiro atoms. The molecule has 3 aromatic rings. The number of carbonyl (C=O) groups is 2. The number of para-hydroxylation sites is 1. The minimum absolute atomic E-state index is 0.0147. The van der Waals surface area contributed by atoms with E-state index in [1.807, 2.05) is 26.8 Å². The van der Waals surface area contributed by atoms with Gasteiger partial charge in [-0.2, -0.15) is 5.10 Å². The van der Waals surface area contributed by atoms with Crippen molar-refractivity contribution in [3.63, 3.8) is 0 Å². The molecule has 3 rings (SSSR count). The highest BCUT2D eigenvalue weighted by Crippen LogP contribution is 2.19. The molecule has 0 fully saturated rings. The summed E-state index contributed by atoms with van der Waals surface area (Å²) in [5.74, 6) is -3.26. The number of halogens is 2. The molecule has 0 bridgehead atoms. The number of hydrogen-bond acceptors (Lipinski definition) is 5. The van der Waals surface area contributed by atoms with Gasteiger partial charge in [-0.3, -0.25) is 9.59 Å². The molecule has 9 heteroatoms. The van der Waals surface area contributed by atoms with Gasteiger partial charge in [0.2, 0.25) is 0 Å². The molecule has 2 heterocycles. The highest BCUT2D eigenvalue weighted by atomic mass is 19.1. The number of nitrogens with one attached hydrogen (secondary N) is 1. The molecule has 30 heavy (non-hydrogen) atoms. The summed E-state index contributed by atoms with van der Waals surface area (Å²) in [6.07, 6.45) is -0.844. The second-order valence-corrected chi connectivity index (χ2v) is 7.03. The topological polar surface area (TPSA) is 85.6 Å². The van der Waals surface area contributed by atoms with E-state index in [0.717, 1.165) is 40.4 Å². The zero-order chi connectivity index (χ0) is 22.0. The molecule has 158 valence electrons. The van der Waals surface area contributed by atoms with Crippen molar-refractivity contribution in [2.24, 2.45) is 0 Å². The Hall–Kier alpha value is -3.36. The van der Waals surface area contributed by atoms with Gasteiger partial charge in [0.25, 0.3) is 5.91 Å². The third-order valence-corrected chi connectivity index (χ3v) is 4.75. The van der Waals surface area contributed by atoms with Crippen molar-refractivity contribution in [2.75, 3.05) is 5.32 Å². The van der Waals surface area contributed by atoms with Crippen LogP contribution >= 0.6 is 0 Å². The second-order valence-electron chi connectivity index (χ2n) is 7.03. The number of hydrogen-bond donors (Lipinski definition) is 1.